The number of rotatable bonds is 12. The van der Waals surface area contributed by atoms with Crippen LogP contribution in [0.2, 0.25) is 10.0 Å². The van der Waals surface area contributed by atoms with Crippen LogP contribution >= 0.6 is 23.2 Å². The average Bonchev–Trinajstić information content (AvgIpc) is 2.81. The molecule has 0 aliphatic rings. The minimum absolute atomic E-state index is 0.225. The average molecular weight is 516 g/mol. The van der Waals surface area contributed by atoms with Gasteiger partial charge in [0.25, 0.3) is 17.2 Å². The molecule has 0 heterocycles. The summed E-state index contributed by atoms with van der Waals surface area (Å²) < 4.78 is 27.4. The molecule has 0 saturated heterocycles. The highest BCUT2D eigenvalue weighted by atomic mass is 35.5. The van der Waals surface area contributed by atoms with Gasteiger partial charge in [-0.05, 0) is 61.6 Å². The summed E-state index contributed by atoms with van der Waals surface area (Å²) in [5.41, 5.74) is 1.73. The lowest BCUT2D eigenvalue weighted by Crippen LogP contribution is -2.28. The topological polar surface area (TPSA) is 108 Å². The molecule has 2 aromatic rings. The first-order valence-electron chi connectivity index (χ1n) is 10.3. The number of methoxy groups -OCH3 is 1. The molecule has 11 heteroatoms. The molecule has 0 radical (unpaired) electrons. The number of unbranched alkanes of at least 4 members (excludes halogenated alkanes) is 2. The monoisotopic (exact) mass is 515 g/mol. The van der Waals surface area contributed by atoms with Gasteiger partial charge in [-0.3, -0.25) is 13.7 Å². The highest BCUT2D eigenvalue weighted by molar-refractivity contribution is 7.80. The number of carbonyl (C=O) groups excluding carboxylic acids is 2. The Morgan fingerprint density at radius 1 is 1.03 bits per heavy atom. The van der Waals surface area contributed by atoms with E-state index in [-0.39, 0.29) is 12.5 Å². The molecular formula is C22H27Cl2N3O5S. The minimum atomic E-state index is -2.25. The maximum absolute atomic E-state index is 12.3. The standard InChI is InChI=1S/C22H27Cl2N3O5S/c1-32-22(29)26-14-4-2-3-13-25-21(28)17-8-10-18(11-9-17)27(33(30)31)15-12-16-6-5-7-19(23)20(16)24/h5-11H,2-4,12-15H2,1H3,(H,25,28)(H,26,29)(H,30,31). The molecular weight excluding hydrogens is 489 g/mol. The second kappa shape index (κ2) is 14.0. The summed E-state index contributed by atoms with van der Waals surface area (Å²) >= 11 is 9.98. The van der Waals surface area contributed by atoms with Crippen molar-refractivity contribution >= 4 is 52.2 Å². The number of hydrogen-bond donors (Lipinski definition) is 3. The van der Waals surface area contributed by atoms with Gasteiger partial charge in [0.15, 0.2) is 0 Å². The minimum Gasteiger partial charge on any atom is -0.453 e. The molecule has 3 N–H and O–H groups in total. The summed E-state index contributed by atoms with van der Waals surface area (Å²) in [7, 11) is 1.31. The molecule has 0 fully saturated rings. The Labute approximate surface area is 206 Å². The zero-order chi connectivity index (χ0) is 24.2. The Hall–Kier alpha value is -2.33. The first-order valence-corrected chi connectivity index (χ1v) is 12.2. The number of amides is 2. The maximum Gasteiger partial charge on any atom is 0.406 e. The van der Waals surface area contributed by atoms with Crippen LogP contribution in [-0.4, -0.2) is 47.5 Å². The fourth-order valence-electron chi connectivity index (χ4n) is 3.03. The molecule has 0 aliphatic heterocycles. The van der Waals surface area contributed by atoms with Crippen LogP contribution in [0, 0.1) is 0 Å². The van der Waals surface area contributed by atoms with E-state index < -0.39 is 17.4 Å². The Morgan fingerprint density at radius 3 is 2.33 bits per heavy atom. The maximum atomic E-state index is 12.3. The predicted octanol–water partition coefficient (Wildman–Crippen LogP) is 4.44. The zero-order valence-corrected chi connectivity index (χ0v) is 20.5. The normalized spacial score (nSPS) is 11.5. The van der Waals surface area contributed by atoms with Crippen molar-refractivity contribution in [1.29, 1.82) is 0 Å². The number of anilines is 1. The van der Waals surface area contributed by atoms with Gasteiger partial charge in [-0.25, -0.2) is 9.00 Å². The molecule has 8 nitrogen and oxygen atoms in total. The Balaban J connectivity index is 1.83. The van der Waals surface area contributed by atoms with Crippen LogP contribution in [0.3, 0.4) is 0 Å². The van der Waals surface area contributed by atoms with E-state index in [1.165, 1.54) is 11.4 Å². The smallest absolute Gasteiger partial charge is 0.406 e. The summed E-state index contributed by atoms with van der Waals surface area (Å²) in [6.07, 6.45) is 2.37. The SMILES string of the molecule is COC(=O)NCCCCCNC(=O)c1ccc(N(CCc2cccc(Cl)c2Cl)S(=O)O)cc1. The van der Waals surface area contributed by atoms with Crippen molar-refractivity contribution in [3.63, 3.8) is 0 Å². The third-order valence-corrected chi connectivity index (χ3v) is 6.44. The molecule has 0 aromatic heterocycles. The summed E-state index contributed by atoms with van der Waals surface area (Å²) in [5.74, 6) is -0.225. The molecule has 1 atom stereocenters. The second-order valence-electron chi connectivity index (χ2n) is 7.08. The number of hydrogen-bond acceptors (Lipinski definition) is 4. The van der Waals surface area contributed by atoms with Crippen molar-refractivity contribution in [1.82, 2.24) is 10.6 Å². The lowest BCUT2D eigenvalue weighted by molar-refractivity contribution is 0.0953. The number of ether oxygens (including phenoxy) is 1. The molecule has 33 heavy (non-hydrogen) atoms. The molecule has 0 saturated carbocycles. The third kappa shape index (κ3) is 8.85. The Kier molecular flexibility index (Phi) is 11.5. The predicted molar refractivity (Wildman–Crippen MR) is 131 cm³/mol. The third-order valence-electron chi connectivity index (χ3n) is 4.82. The van der Waals surface area contributed by atoms with Crippen molar-refractivity contribution in [2.75, 3.05) is 31.0 Å². The lowest BCUT2D eigenvalue weighted by Gasteiger charge is -2.20. The second-order valence-corrected chi connectivity index (χ2v) is 8.76. The fourth-order valence-corrected chi connectivity index (χ4v) is 4.00. The quantitative estimate of drug-likeness (QED) is 0.286. The van der Waals surface area contributed by atoms with Crippen molar-refractivity contribution in [2.45, 2.75) is 25.7 Å². The van der Waals surface area contributed by atoms with Gasteiger partial charge in [-0.1, -0.05) is 35.3 Å². The molecule has 180 valence electrons. The lowest BCUT2D eigenvalue weighted by atomic mass is 10.1. The summed E-state index contributed by atoms with van der Waals surface area (Å²) in [5, 5.41) is 6.29. The number of halogens is 2. The number of benzene rings is 2. The van der Waals surface area contributed by atoms with E-state index >= 15 is 0 Å². The van der Waals surface area contributed by atoms with Gasteiger partial charge in [0.1, 0.15) is 0 Å². The van der Waals surface area contributed by atoms with Crippen LogP contribution in [0.15, 0.2) is 42.5 Å². The van der Waals surface area contributed by atoms with Crippen molar-refractivity contribution in [2.24, 2.45) is 0 Å². The van der Waals surface area contributed by atoms with Crippen LogP contribution in [-0.2, 0) is 22.4 Å². The highest BCUT2D eigenvalue weighted by Crippen LogP contribution is 2.26. The molecule has 2 rings (SSSR count). The molecule has 0 bridgehead atoms. The first-order chi connectivity index (χ1) is 15.8. The van der Waals surface area contributed by atoms with Crippen LogP contribution in [0.5, 0.6) is 0 Å². The molecule has 2 aromatic carbocycles. The summed E-state index contributed by atoms with van der Waals surface area (Å²) in [4.78, 5) is 23.3. The van der Waals surface area contributed by atoms with Crippen LogP contribution < -0.4 is 14.9 Å². The first kappa shape index (κ1) is 26.9. The van der Waals surface area contributed by atoms with E-state index in [1.54, 1.807) is 36.4 Å². The fraction of sp³-hybridized carbons (Fsp3) is 0.364. The Bertz CT molecular complexity index is 960. The molecule has 1 unspecified atom stereocenters. The molecule has 0 aliphatic carbocycles. The number of nitrogens with zero attached hydrogens (tertiary/aromatic N) is 1. The van der Waals surface area contributed by atoms with E-state index in [0.717, 1.165) is 24.8 Å². The summed E-state index contributed by atoms with van der Waals surface area (Å²) in [6, 6.07) is 11.7. The van der Waals surface area contributed by atoms with E-state index in [9.17, 15) is 18.4 Å². The van der Waals surface area contributed by atoms with Gasteiger partial charge in [0.05, 0.1) is 22.8 Å². The van der Waals surface area contributed by atoms with Crippen LogP contribution in [0.25, 0.3) is 0 Å². The van der Waals surface area contributed by atoms with Gasteiger partial charge in [0, 0.05) is 25.2 Å². The van der Waals surface area contributed by atoms with E-state index in [0.29, 0.717) is 40.8 Å². The van der Waals surface area contributed by atoms with Crippen molar-refractivity contribution in [3.8, 4) is 0 Å². The number of carbonyl (C=O) groups is 2. The largest absolute Gasteiger partial charge is 0.453 e. The van der Waals surface area contributed by atoms with Gasteiger partial charge in [-0.2, -0.15) is 0 Å². The van der Waals surface area contributed by atoms with Crippen LogP contribution in [0.4, 0.5) is 10.5 Å². The zero-order valence-electron chi connectivity index (χ0n) is 18.2. The Morgan fingerprint density at radius 2 is 1.70 bits per heavy atom. The summed E-state index contributed by atoms with van der Waals surface area (Å²) in [6.45, 7) is 1.26. The molecule has 2 amide bonds. The van der Waals surface area contributed by atoms with Crippen LogP contribution in [0.1, 0.15) is 35.2 Å². The molecule has 0 spiro atoms. The van der Waals surface area contributed by atoms with E-state index in [1.807, 2.05) is 6.07 Å². The van der Waals surface area contributed by atoms with Gasteiger partial charge < -0.3 is 15.4 Å². The number of alkyl carbamates (subject to hydrolysis) is 1. The van der Waals surface area contributed by atoms with Crippen molar-refractivity contribution < 1.29 is 23.1 Å². The van der Waals surface area contributed by atoms with Gasteiger partial charge in [-0.15, -0.1) is 0 Å². The van der Waals surface area contributed by atoms with Gasteiger partial charge in [0.2, 0.25) is 0 Å². The van der Waals surface area contributed by atoms with E-state index in [4.69, 9.17) is 23.2 Å². The highest BCUT2D eigenvalue weighted by Gasteiger charge is 2.15. The van der Waals surface area contributed by atoms with Gasteiger partial charge >= 0.3 is 6.09 Å². The van der Waals surface area contributed by atoms with Crippen molar-refractivity contribution in [3.05, 3.63) is 63.6 Å². The number of nitrogens with one attached hydrogen (secondary N) is 2. The van der Waals surface area contributed by atoms with E-state index in [2.05, 4.69) is 15.4 Å².